The molecule has 0 aromatic rings. The maximum Gasteiger partial charge on any atom is 0.302 e. The van der Waals surface area contributed by atoms with Gasteiger partial charge in [0.1, 0.15) is 6.10 Å². The number of rotatable bonds is 5. The molecule has 0 aromatic carbocycles. The minimum atomic E-state index is -0.756. The summed E-state index contributed by atoms with van der Waals surface area (Å²) in [5, 5.41) is 11.8. The Morgan fingerprint density at radius 1 is 1.06 bits per heavy atom. The number of esters is 1. The van der Waals surface area contributed by atoms with Crippen LogP contribution in [0.1, 0.15) is 99.8 Å². The lowest BCUT2D eigenvalue weighted by Crippen LogP contribution is -2.60. The van der Waals surface area contributed by atoms with E-state index in [0.29, 0.717) is 47.8 Å². The molecule has 0 amide bonds. The SMILES string of the molecule is CC(=O)O[C@@H]1CC[C@@]2(C)[C@@H]3CC[C@]4(C)[C@H](CC[C@H]4[C@H](C)/C=C/[C@H](C)C(C)C)C3=CC[C@]2(O)C1. The van der Waals surface area contributed by atoms with Crippen LogP contribution in [0.25, 0.3) is 0 Å². The molecule has 1 N–H and O–H groups in total. The first-order chi connectivity index (χ1) is 15.4. The van der Waals surface area contributed by atoms with Gasteiger partial charge in [-0.15, -0.1) is 0 Å². The molecule has 0 unspecified atom stereocenters. The molecule has 4 aliphatic carbocycles. The van der Waals surface area contributed by atoms with Gasteiger partial charge in [0, 0.05) is 18.8 Å². The minimum Gasteiger partial charge on any atom is -0.462 e. The Labute approximate surface area is 202 Å². The van der Waals surface area contributed by atoms with Crippen molar-refractivity contribution in [2.45, 2.75) is 112 Å². The van der Waals surface area contributed by atoms with E-state index in [9.17, 15) is 9.90 Å². The van der Waals surface area contributed by atoms with Crippen LogP contribution in [0.3, 0.4) is 0 Å². The molecule has 186 valence electrons. The largest absolute Gasteiger partial charge is 0.462 e. The number of aliphatic hydroxyl groups is 1. The highest BCUT2D eigenvalue weighted by atomic mass is 16.5. The number of hydrogen-bond acceptors (Lipinski definition) is 3. The average molecular weight is 457 g/mol. The number of hydrogen-bond donors (Lipinski definition) is 1. The number of ether oxygens (including phenoxy) is 1. The fourth-order valence-corrected chi connectivity index (χ4v) is 8.42. The average Bonchev–Trinajstić information content (AvgIpc) is 3.09. The van der Waals surface area contributed by atoms with Crippen LogP contribution >= 0.6 is 0 Å². The number of allylic oxidation sites excluding steroid dienone is 3. The quantitative estimate of drug-likeness (QED) is 0.354. The molecule has 3 fully saturated rings. The Bertz CT molecular complexity index is 811. The Morgan fingerprint density at radius 3 is 2.45 bits per heavy atom. The molecule has 0 radical (unpaired) electrons. The normalized spacial score (nSPS) is 44.6. The molecular formula is C30H48O3. The van der Waals surface area contributed by atoms with Crippen LogP contribution in [0.2, 0.25) is 0 Å². The lowest BCUT2D eigenvalue weighted by Gasteiger charge is -2.61. The summed E-state index contributed by atoms with van der Waals surface area (Å²) in [7, 11) is 0. The van der Waals surface area contributed by atoms with Crippen LogP contribution in [-0.2, 0) is 9.53 Å². The van der Waals surface area contributed by atoms with E-state index in [2.05, 4.69) is 59.8 Å². The van der Waals surface area contributed by atoms with E-state index in [-0.39, 0.29) is 17.5 Å². The molecule has 9 atom stereocenters. The van der Waals surface area contributed by atoms with Gasteiger partial charge < -0.3 is 9.84 Å². The highest BCUT2D eigenvalue weighted by Crippen LogP contribution is 2.67. The van der Waals surface area contributed by atoms with Crippen LogP contribution < -0.4 is 0 Å². The molecule has 4 rings (SSSR count). The molecule has 33 heavy (non-hydrogen) atoms. The Hall–Kier alpha value is -1.09. The van der Waals surface area contributed by atoms with E-state index in [0.717, 1.165) is 18.8 Å². The fourth-order valence-electron chi connectivity index (χ4n) is 8.42. The van der Waals surface area contributed by atoms with E-state index in [4.69, 9.17) is 4.74 Å². The van der Waals surface area contributed by atoms with Gasteiger partial charge in [-0.3, -0.25) is 4.79 Å². The highest BCUT2D eigenvalue weighted by Gasteiger charge is 2.62. The van der Waals surface area contributed by atoms with Gasteiger partial charge in [-0.25, -0.2) is 0 Å². The molecule has 0 aliphatic heterocycles. The molecule has 0 saturated heterocycles. The standard InChI is InChI=1S/C30H48O3/c1-19(2)20(3)8-9-21(4)25-10-11-26-24-13-17-30(32)18-23(33-22(5)31)12-16-29(30,7)27(24)14-15-28(25,26)6/h8-9,13,19-21,23,25-27,32H,10-12,14-18H2,1-7H3/b9-8+/t20-,21+,23+,25-,26+,27+,28-,29-,30-/m0/s1. The third kappa shape index (κ3) is 4.15. The predicted molar refractivity (Wildman–Crippen MR) is 135 cm³/mol. The van der Waals surface area contributed by atoms with E-state index in [1.54, 1.807) is 5.57 Å². The van der Waals surface area contributed by atoms with Gasteiger partial charge in [-0.1, -0.05) is 65.3 Å². The van der Waals surface area contributed by atoms with Gasteiger partial charge in [0.2, 0.25) is 0 Å². The first-order valence-electron chi connectivity index (χ1n) is 13.7. The lowest BCUT2D eigenvalue weighted by molar-refractivity contribution is -0.183. The van der Waals surface area contributed by atoms with Crippen LogP contribution in [0.5, 0.6) is 0 Å². The molecule has 0 bridgehead atoms. The zero-order chi connectivity index (χ0) is 24.2. The van der Waals surface area contributed by atoms with Crippen molar-refractivity contribution in [2.24, 2.45) is 46.3 Å². The monoisotopic (exact) mass is 456 g/mol. The van der Waals surface area contributed by atoms with Crippen molar-refractivity contribution in [2.75, 3.05) is 0 Å². The molecule has 3 heteroatoms. The van der Waals surface area contributed by atoms with Gasteiger partial charge in [-0.05, 0) is 85.9 Å². The van der Waals surface area contributed by atoms with E-state index in [1.165, 1.54) is 32.6 Å². The van der Waals surface area contributed by atoms with E-state index < -0.39 is 5.60 Å². The molecule has 0 aromatic heterocycles. The topological polar surface area (TPSA) is 46.5 Å². The molecule has 0 spiro atoms. The second-order valence-electron chi connectivity index (χ2n) is 13.0. The van der Waals surface area contributed by atoms with Crippen LogP contribution in [0.4, 0.5) is 0 Å². The van der Waals surface area contributed by atoms with E-state index >= 15 is 0 Å². The second-order valence-corrected chi connectivity index (χ2v) is 13.0. The highest BCUT2D eigenvalue weighted by molar-refractivity contribution is 5.66. The summed E-state index contributed by atoms with van der Waals surface area (Å²) in [6.07, 6.45) is 15.5. The summed E-state index contributed by atoms with van der Waals surface area (Å²) in [6, 6.07) is 0. The number of fused-ring (bicyclic) bond motifs is 5. The zero-order valence-corrected chi connectivity index (χ0v) is 22.2. The van der Waals surface area contributed by atoms with Gasteiger partial charge in [-0.2, -0.15) is 0 Å². The van der Waals surface area contributed by atoms with Gasteiger partial charge in [0.15, 0.2) is 0 Å². The maximum atomic E-state index is 11.8. The van der Waals surface area contributed by atoms with E-state index in [1.807, 2.05) is 0 Å². The van der Waals surface area contributed by atoms with Crippen LogP contribution in [0.15, 0.2) is 23.8 Å². The fraction of sp³-hybridized carbons (Fsp3) is 0.833. The third-order valence-electron chi connectivity index (χ3n) is 11.0. The summed E-state index contributed by atoms with van der Waals surface area (Å²) < 4.78 is 5.54. The van der Waals surface area contributed by atoms with Crippen molar-refractivity contribution in [3.05, 3.63) is 23.8 Å². The zero-order valence-electron chi connectivity index (χ0n) is 22.2. The van der Waals surface area contributed by atoms with Gasteiger partial charge in [0.25, 0.3) is 0 Å². The maximum absolute atomic E-state index is 11.8. The third-order valence-corrected chi connectivity index (χ3v) is 11.0. The van der Waals surface area contributed by atoms with Gasteiger partial charge in [0.05, 0.1) is 5.60 Å². The summed E-state index contributed by atoms with van der Waals surface area (Å²) in [6.45, 7) is 15.8. The smallest absolute Gasteiger partial charge is 0.302 e. The molecule has 4 aliphatic rings. The summed E-state index contributed by atoms with van der Waals surface area (Å²) >= 11 is 0. The van der Waals surface area contributed by atoms with Crippen molar-refractivity contribution in [1.82, 2.24) is 0 Å². The van der Waals surface area contributed by atoms with Crippen LogP contribution in [-0.4, -0.2) is 22.8 Å². The number of carbonyl (C=O) groups excluding carboxylic acids is 1. The van der Waals surface area contributed by atoms with Gasteiger partial charge >= 0.3 is 5.97 Å². The molecule has 0 heterocycles. The minimum absolute atomic E-state index is 0.106. The molecule has 3 saturated carbocycles. The molecule has 3 nitrogen and oxygen atoms in total. The summed E-state index contributed by atoms with van der Waals surface area (Å²) in [5.74, 6) is 3.59. The molecular weight excluding hydrogens is 408 g/mol. The predicted octanol–water partition coefficient (Wildman–Crippen LogP) is 7.10. The second kappa shape index (κ2) is 8.85. The Balaban J connectivity index is 1.55. The van der Waals surface area contributed by atoms with Crippen molar-refractivity contribution in [3.8, 4) is 0 Å². The lowest BCUT2D eigenvalue weighted by atomic mass is 9.46. The van der Waals surface area contributed by atoms with Crippen molar-refractivity contribution >= 4 is 5.97 Å². The van der Waals surface area contributed by atoms with Crippen LogP contribution in [0, 0.1) is 46.3 Å². The first-order valence-corrected chi connectivity index (χ1v) is 13.7. The summed E-state index contributed by atoms with van der Waals surface area (Å²) in [4.78, 5) is 11.5. The summed E-state index contributed by atoms with van der Waals surface area (Å²) in [5.41, 5.74) is 1.17. The van der Waals surface area contributed by atoms with Crippen molar-refractivity contribution < 1.29 is 14.6 Å². The Kier molecular flexibility index (Phi) is 6.71. The van der Waals surface area contributed by atoms with Crippen molar-refractivity contribution in [1.29, 1.82) is 0 Å². The Morgan fingerprint density at radius 2 is 1.79 bits per heavy atom. The first kappa shape index (κ1) is 25.0. The van der Waals surface area contributed by atoms with Crippen molar-refractivity contribution in [3.63, 3.8) is 0 Å². The number of carbonyl (C=O) groups is 1.